The summed E-state index contributed by atoms with van der Waals surface area (Å²) in [5, 5.41) is 0. The molecule has 1 aromatic heterocycles. The number of fused-ring (bicyclic) bond motifs is 1. The molecule has 0 aliphatic heterocycles. The van der Waals surface area contributed by atoms with Crippen molar-refractivity contribution in [1.82, 2.24) is 13.9 Å². The van der Waals surface area contributed by atoms with Crippen LogP contribution >= 0.6 is 0 Å². The van der Waals surface area contributed by atoms with Crippen molar-refractivity contribution in [2.75, 3.05) is 7.05 Å². The van der Waals surface area contributed by atoms with Crippen molar-refractivity contribution in [1.29, 1.82) is 0 Å². The van der Waals surface area contributed by atoms with E-state index in [-0.39, 0.29) is 0 Å². The van der Waals surface area contributed by atoms with Crippen LogP contribution in [0, 0.1) is 6.92 Å². The van der Waals surface area contributed by atoms with Crippen molar-refractivity contribution < 1.29 is 8.42 Å². The van der Waals surface area contributed by atoms with Gasteiger partial charge in [0.05, 0.1) is 15.9 Å². The molecule has 0 aliphatic rings. The monoisotopic (exact) mass is 405 g/mol. The highest BCUT2D eigenvalue weighted by Crippen LogP contribution is 2.19. The first-order valence-corrected chi connectivity index (χ1v) is 10.9. The van der Waals surface area contributed by atoms with E-state index in [0.29, 0.717) is 11.4 Å². The normalized spacial score (nSPS) is 12.0. The third-order valence-corrected chi connectivity index (χ3v) is 6.88. The van der Waals surface area contributed by atoms with Crippen molar-refractivity contribution in [2.24, 2.45) is 0 Å². The molecule has 0 amide bonds. The molecule has 5 nitrogen and oxygen atoms in total. The Morgan fingerprint density at radius 2 is 1.48 bits per heavy atom. The van der Waals surface area contributed by atoms with Crippen LogP contribution in [0.25, 0.3) is 11.0 Å². The summed E-state index contributed by atoms with van der Waals surface area (Å²) in [6.45, 7) is 3.06. The second-order valence-electron chi connectivity index (χ2n) is 7.12. The van der Waals surface area contributed by atoms with E-state index < -0.39 is 10.0 Å². The van der Waals surface area contributed by atoms with Crippen LogP contribution in [0.2, 0.25) is 0 Å². The number of hydrogen-bond acceptors (Lipinski definition) is 3. The van der Waals surface area contributed by atoms with E-state index in [2.05, 4.69) is 15.6 Å². The molecule has 0 atom stereocenters. The lowest BCUT2D eigenvalue weighted by Gasteiger charge is -2.17. The Morgan fingerprint density at radius 1 is 0.862 bits per heavy atom. The molecule has 29 heavy (non-hydrogen) atoms. The van der Waals surface area contributed by atoms with Crippen LogP contribution in [0.5, 0.6) is 0 Å². The molecule has 0 bridgehead atoms. The van der Waals surface area contributed by atoms with Gasteiger partial charge in [-0.05, 0) is 42.3 Å². The Kier molecular flexibility index (Phi) is 5.22. The molecule has 0 unspecified atom stereocenters. The Bertz CT molecular complexity index is 1230. The zero-order chi connectivity index (χ0) is 20.4. The number of imidazole rings is 1. The predicted octanol–water partition coefficient (Wildman–Crippen LogP) is 4.21. The third-order valence-electron chi connectivity index (χ3n) is 5.07. The summed E-state index contributed by atoms with van der Waals surface area (Å²) in [5.74, 6) is 0.976. The summed E-state index contributed by atoms with van der Waals surface area (Å²) >= 11 is 0. The Balaban J connectivity index is 1.50. The predicted molar refractivity (Wildman–Crippen MR) is 115 cm³/mol. The van der Waals surface area contributed by atoms with Gasteiger partial charge in [-0.25, -0.2) is 13.4 Å². The lowest BCUT2D eigenvalue weighted by molar-refractivity contribution is 0.466. The molecule has 6 heteroatoms. The molecular weight excluding hydrogens is 382 g/mol. The molecule has 3 aromatic carbocycles. The highest BCUT2D eigenvalue weighted by atomic mass is 32.2. The van der Waals surface area contributed by atoms with Crippen LogP contribution in [-0.4, -0.2) is 29.3 Å². The molecule has 0 saturated heterocycles. The van der Waals surface area contributed by atoms with E-state index >= 15 is 0 Å². The van der Waals surface area contributed by atoms with E-state index in [1.165, 1.54) is 4.31 Å². The van der Waals surface area contributed by atoms with Crippen LogP contribution in [-0.2, 0) is 23.1 Å². The van der Waals surface area contributed by atoms with Crippen molar-refractivity contribution >= 4 is 21.1 Å². The van der Waals surface area contributed by atoms with Crippen molar-refractivity contribution in [3.8, 4) is 0 Å². The minimum Gasteiger partial charge on any atom is -0.324 e. The molecule has 0 fully saturated rings. The van der Waals surface area contributed by atoms with E-state index in [4.69, 9.17) is 0 Å². The van der Waals surface area contributed by atoms with Crippen LogP contribution in [0.1, 0.15) is 17.0 Å². The lowest BCUT2D eigenvalue weighted by Crippen LogP contribution is -2.26. The summed E-state index contributed by atoms with van der Waals surface area (Å²) in [4.78, 5) is 4.92. The van der Waals surface area contributed by atoms with Gasteiger partial charge in [-0.2, -0.15) is 4.31 Å². The standard InChI is InChI=1S/C23H23N3O2S/c1-18-24-22-10-6-7-11-23(22)26(18)17-20-14-12-19(13-15-20)16-25(2)29(27,28)21-8-4-3-5-9-21/h3-15H,16-17H2,1-2H3. The highest BCUT2D eigenvalue weighted by Gasteiger charge is 2.20. The fourth-order valence-corrected chi connectivity index (χ4v) is 4.62. The summed E-state index contributed by atoms with van der Waals surface area (Å²) in [6.07, 6.45) is 0. The smallest absolute Gasteiger partial charge is 0.243 e. The van der Waals surface area contributed by atoms with Crippen LogP contribution in [0.4, 0.5) is 0 Å². The maximum atomic E-state index is 12.7. The number of aryl methyl sites for hydroxylation is 1. The molecule has 4 aromatic rings. The molecule has 0 N–H and O–H groups in total. The van der Waals surface area contributed by atoms with Gasteiger partial charge in [0.25, 0.3) is 0 Å². The van der Waals surface area contributed by atoms with Crippen molar-refractivity contribution in [2.45, 2.75) is 24.9 Å². The van der Waals surface area contributed by atoms with Crippen molar-refractivity contribution in [3.63, 3.8) is 0 Å². The van der Waals surface area contributed by atoms with Crippen LogP contribution in [0.15, 0.2) is 83.8 Å². The third kappa shape index (κ3) is 3.95. The Hall–Kier alpha value is -2.96. The molecule has 1 heterocycles. The zero-order valence-electron chi connectivity index (χ0n) is 16.5. The minimum atomic E-state index is -3.50. The Labute approximate surface area is 171 Å². The lowest BCUT2D eigenvalue weighted by atomic mass is 10.1. The fourth-order valence-electron chi connectivity index (χ4n) is 3.44. The van der Waals surface area contributed by atoms with Gasteiger partial charge in [0.15, 0.2) is 0 Å². The molecule has 4 rings (SSSR count). The van der Waals surface area contributed by atoms with Gasteiger partial charge in [-0.15, -0.1) is 0 Å². The number of nitrogens with zero attached hydrogens (tertiary/aromatic N) is 3. The van der Waals surface area contributed by atoms with Gasteiger partial charge < -0.3 is 4.57 Å². The van der Waals surface area contributed by atoms with Gasteiger partial charge in [-0.1, -0.05) is 54.6 Å². The summed E-state index contributed by atoms with van der Waals surface area (Å²) < 4.78 is 29.0. The summed E-state index contributed by atoms with van der Waals surface area (Å²) in [5.41, 5.74) is 4.20. The fraction of sp³-hybridized carbons (Fsp3) is 0.174. The largest absolute Gasteiger partial charge is 0.324 e. The average molecular weight is 406 g/mol. The van der Waals surface area contributed by atoms with E-state index in [1.54, 1.807) is 31.3 Å². The number of sulfonamides is 1. The van der Waals surface area contributed by atoms with Gasteiger partial charge in [0.1, 0.15) is 5.82 Å². The second-order valence-corrected chi connectivity index (χ2v) is 9.17. The molecule has 0 aliphatic carbocycles. The van der Waals surface area contributed by atoms with Gasteiger partial charge in [-0.3, -0.25) is 0 Å². The van der Waals surface area contributed by atoms with Crippen LogP contribution in [0.3, 0.4) is 0 Å². The van der Waals surface area contributed by atoms with Gasteiger partial charge in [0, 0.05) is 20.1 Å². The average Bonchev–Trinajstić information content (AvgIpc) is 3.05. The van der Waals surface area contributed by atoms with E-state index in [0.717, 1.165) is 34.5 Å². The van der Waals surface area contributed by atoms with Gasteiger partial charge in [0.2, 0.25) is 10.0 Å². The maximum absolute atomic E-state index is 12.7. The molecule has 148 valence electrons. The number of rotatable bonds is 6. The number of benzene rings is 3. The summed E-state index contributed by atoms with van der Waals surface area (Å²) in [6, 6.07) is 24.7. The first-order valence-electron chi connectivity index (χ1n) is 9.46. The number of para-hydroxylation sites is 2. The quantitative estimate of drug-likeness (QED) is 0.483. The molecule has 0 radical (unpaired) electrons. The number of aromatic nitrogens is 2. The topological polar surface area (TPSA) is 55.2 Å². The first kappa shape index (κ1) is 19.4. The van der Waals surface area contributed by atoms with Gasteiger partial charge >= 0.3 is 0 Å². The van der Waals surface area contributed by atoms with Crippen LogP contribution < -0.4 is 0 Å². The Morgan fingerprint density at radius 3 is 2.21 bits per heavy atom. The molecular formula is C23H23N3O2S. The van der Waals surface area contributed by atoms with E-state index in [9.17, 15) is 8.42 Å². The summed E-state index contributed by atoms with van der Waals surface area (Å²) in [7, 11) is -1.89. The van der Waals surface area contributed by atoms with E-state index in [1.807, 2.05) is 55.5 Å². The first-order chi connectivity index (χ1) is 13.9. The zero-order valence-corrected chi connectivity index (χ0v) is 17.3. The maximum Gasteiger partial charge on any atom is 0.243 e. The SMILES string of the molecule is Cc1nc2ccccc2n1Cc1ccc(CN(C)S(=O)(=O)c2ccccc2)cc1. The van der Waals surface area contributed by atoms with Crippen molar-refractivity contribution in [3.05, 3.63) is 95.8 Å². The molecule has 0 spiro atoms. The number of hydrogen-bond donors (Lipinski definition) is 0. The second kappa shape index (κ2) is 7.81. The highest BCUT2D eigenvalue weighted by molar-refractivity contribution is 7.89. The molecule has 0 saturated carbocycles. The minimum absolute atomic E-state index is 0.307.